The van der Waals surface area contributed by atoms with Crippen molar-refractivity contribution in [2.24, 2.45) is 0 Å². The Kier molecular flexibility index (Phi) is 15.7. The van der Waals surface area contributed by atoms with Gasteiger partial charge in [-0.2, -0.15) is 10.5 Å². The van der Waals surface area contributed by atoms with E-state index in [1.807, 2.05) is 100 Å². The van der Waals surface area contributed by atoms with Gasteiger partial charge in [-0.3, -0.25) is 4.79 Å². The number of carboxylic acids is 1. The molecule has 10 rings (SSSR count). The van der Waals surface area contributed by atoms with Gasteiger partial charge >= 0.3 is 5.97 Å². The number of H-pyrrole nitrogens is 2. The van der Waals surface area contributed by atoms with Gasteiger partial charge < -0.3 is 34.8 Å². The second-order valence-electron chi connectivity index (χ2n) is 19.2. The smallest absolute Gasteiger partial charge is 0.335 e. The predicted molar refractivity (Wildman–Crippen MR) is 270 cm³/mol. The number of hydrogen-bond acceptors (Lipinski definition) is 9. The molecule has 4 aliphatic rings. The molecular formula is C55H63ClN8O5. The zero-order chi connectivity index (χ0) is 47.8. The van der Waals surface area contributed by atoms with E-state index < -0.39 is 5.97 Å². The van der Waals surface area contributed by atoms with Gasteiger partial charge in [-0.1, -0.05) is 43.8 Å². The average Bonchev–Trinajstić information content (AvgIpc) is 3.84. The zero-order valence-electron chi connectivity index (χ0n) is 40.0. The van der Waals surface area contributed by atoms with Crippen molar-refractivity contribution in [3.63, 3.8) is 0 Å². The largest absolute Gasteiger partial charge is 0.478 e. The Hall–Kier alpha value is -6.61. The van der Waals surface area contributed by atoms with Crippen molar-refractivity contribution in [1.82, 2.24) is 30.2 Å². The number of carbonyl (C=O) groups is 2. The van der Waals surface area contributed by atoms with Crippen molar-refractivity contribution in [3.8, 4) is 34.7 Å². The number of hydrogen-bond donors (Lipinski definition) is 4. The lowest BCUT2D eigenvalue weighted by molar-refractivity contribution is -0.0539. The number of ether oxygens (including phenoxy) is 2. The number of carboxylic acid groups (broad SMARTS) is 1. The lowest BCUT2D eigenvalue weighted by Crippen LogP contribution is -2.48. The van der Waals surface area contributed by atoms with Crippen LogP contribution in [0, 0.1) is 64.2 Å². The molecule has 14 heteroatoms. The molecular weight excluding hydrogens is 888 g/mol. The maximum absolute atomic E-state index is 13.4. The summed E-state index contributed by atoms with van der Waals surface area (Å²) < 4.78 is 10.7. The number of amides is 1. The zero-order valence-corrected chi connectivity index (χ0v) is 40.8. The van der Waals surface area contributed by atoms with E-state index in [-0.39, 0.29) is 36.6 Å². The topological polar surface area (TPSA) is 193 Å². The molecule has 0 bridgehead atoms. The molecule has 0 unspecified atom stereocenters. The Labute approximate surface area is 411 Å². The minimum Gasteiger partial charge on any atom is -0.478 e. The van der Waals surface area contributed by atoms with Crippen molar-refractivity contribution in [1.29, 1.82) is 10.5 Å². The third-order valence-corrected chi connectivity index (χ3v) is 13.7. The number of carbonyl (C=O) groups excluding carboxylic acids is 1. The maximum atomic E-state index is 13.4. The molecule has 1 amide bonds. The quantitative estimate of drug-likeness (QED) is 0.114. The fourth-order valence-electron chi connectivity index (χ4n) is 8.99. The van der Waals surface area contributed by atoms with E-state index in [0.29, 0.717) is 62.5 Å². The van der Waals surface area contributed by atoms with E-state index >= 15 is 0 Å². The number of aromatic amines is 2. The summed E-state index contributed by atoms with van der Waals surface area (Å²) in [4.78, 5) is 43.1. The second kappa shape index (κ2) is 20.9. The molecule has 0 aliphatic carbocycles. The van der Waals surface area contributed by atoms with Crippen LogP contribution < -0.4 is 5.32 Å². The summed E-state index contributed by atoms with van der Waals surface area (Å²) in [6.07, 6.45) is 0. The van der Waals surface area contributed by atoms with Crippen molar-refractivity contribution in [2.75, 3.05) is 52.6 Å². The number of nitriles is 2. The van der Waals surface area contributed by atoms with Crippen LogP contribution in [0.25, 0.3) is 22.5 Å². The van der Waals surface area contributed by atoms with Gasteiger partial charge in [0.1, 0.15) is 11.6 Å². The molecule has 0 saturated carbocycles. The highest BCUT2D eigenvalue weighted by molar-refractivity contribution is 5.98. The number of aryl methyl sites for hydroxylation is 6. The number of imidazole rings is 2. The minimum absolute atomic E-state index is 0. The summed E-state index contributed by atoms with van der Waals surface area (Å²) in [5.74, 6) is 1.98. The summed E-state index contributed by atoms with van der Waals surface area (Å²) in [6, 6.07) is 27.5. The Morgan fingerprint density at radius 2 is 1.06 bits per heavy atom. The van der Waals surface area contributed by atoms with Gasteiger partial charge in [-0.25, -0.2) is 14.8 Å². The first-order valence-electron chi connectivity index (χ1n) is 22.8. The fraction of sp³-hybridized carbons (Fsp3) is 0.382. The number of benzene rings is 4. The van der Waals surface area contributed by atoms with Crippen molar-refractivity contribution in [2.45, 2.75) is 85.5 Å². The Morgan fingerprint density at radius 1 is 0.652 bits per heavy atom. The number of halogens is 1. The normalized spacial score (nSPS) is 16.3. The molecule has 0 spiro atoms. The highest BCUT2D eigenvalue weighted by atomic mass is 35.5. The minimum atomic E-state index is -0.911. The third kappa shape index (κ3) is 10.5. The van der Waals surface area contributed by atoms with E-state index in [9.17, 15) is 14.7 Å². The molecule has 4 aromatic carbocycles. The summed E-state index contributed by atoms with van der Waals surface area (Å²) in [5.41, 5.74) is 14.3. The van der Waals surface area contributed by atoms with Crippen molar-refractivity contribution < 1.29 is 24.2 Å². The molecule has 6 aromatic rings. The Bertz CT molecular complexity index is 2930. The first-order valence-corrected chi connectivity index (χ1v) is 22.8. The number of aromatic nitrogens is 4. The number of rotatable bonds is 8. The standard InChI is InChI=1S/C27H28N4O2.C17H20N2O3.C10H10N2.CH4.ClH/c1-16-9-17(2)23(10-22(16)24-18(3)29-26(30-24)27(4)14-33-15-27)25(32)31-12-21(13-31)20-7-5-19(11-28)6-8-20;1-9-5-10(2)13(15(20)21)6-12(9)14-11(3)18-16(19-14)17(4)7-22-8-17;11-5-8-1-3-9(4-2-8)10-6-12-7-10;;/h5-10,21H,12-15H2,1-4H3,(H,29,30);5-6H,7-8H2,1-4H3,(H,18,19)(H,20,21);1-4,10,12H,6-7H2;1H4;1H. The Morgan fingerprint density at radius 3 is 1.42 bits per heavy atom. The van der Waals surface area contributed by atoms with Crippen LogP contribution in [0.5, 0.6) is 0 Å². The van der Waals surface area contributed by atoms with Crippen LogP contribution in [0.4, 0.5) is 0 Å². The van der Waals surface area contributed by atoms with Gasteiger partial charge in [-0.15, -0.1) is 12.4 Å². The van der Waals surface area contributed by atoms with E-state index in [1.165, 1.54) is 11.1 Å². The fourth-order valence-corrected chi connectivity index (χ4v) is 8.99. The van der Waals surface area contributed by atoms with Crippen LogP contribution in [-0.2, 0) is 20.3 Å². The van der Waals surface area contributed by atoms with Crippen molar-refractivity contribution >= 4 is 24.3 Å². The van der Waals surface area contributed by atoms with Crippen LogP contribution >= 0.6 is 12.4 Å². The predicted octanol–water partition coefficient (Wildman–Crippen LogP) is 9.69. The molecule has 360 valence electrons. The lowest BCUT2D eigenvalue weighted by atomic mass is 9.88. The van der Waals surface area contributed by atoms with Crippen LogP contribution in [-0.4, -0.2) is 94.4 Å². The van der Waals surface area contributed by atoms with Crippen molar-refractivity contribution in [3.05, 3.63) is 151 Å². The number of nitrogens with zero attached hydrogens (tertiary/aromatic N) is 5. The van der Waals surface area contributed by atoms with E-state index in [4.69, 9.17) is 30.0 Å². The Balaban J connectivity index is 0.000000187. The first-order chi connectivity index (χ1) is 32.0. The SMILES string of the molecule is C.Cc1cc(C)c(-c2nc(C3(C)COC3)[nH]c2C)cc1C(=O)N1CC(c2ccc(C#N)cc2)C1.Cc1cc(C)c(-c2nc(C3(C)COC3)[nH]c2C)cc1C(=O)O.Cl.N#Cc1ccc(C2CNC2)cc1. The van der Waals surface area contributed by atoms with Gasteiger partial charge in [0.15, 0.2) is 0 Å². The summed E-state index contributed by atoms with van der Waals surface area (Å²) in [7, 11) is 0. The molecule has 4 fully saturated rings. The third-order valence-electron chi connectivity index (χ3n) is 13.7. The summed E-state index contributed by atoms with van der Waals surface area (Å²) >= 11 is 0. The van der Waals surface area contributed by atoms with Crippen LogP contribution in [0.1, 0.15) is 121 Å². The van der Waals surface area contributed by atoms with Gasteiger partial charge in [0, 0.05) is 66.1 Å². The molecule has 13 nitrogen and oxygen atoms in total. The highest BCUT2D eigenvalue weighted by Gasteiger charge is 2.40. The molecule has 2 aromatic heterocycles. The van der Waals surface area contributed by atoms with E-state index in [2.05, 4.69) is 54.3 Å². The molecule has 4 aliphatic heterocycles. The van der Waals surface area contributed by atoms with Crippen LogP contribution in [0.3, 0.4) is 0 Å². The summed E-state index contributed by atoms with van der Waals surface area (Å²) in [6.45, 7) is 22.3. The van der Waals surface area contributed by atoms with Gasteiger partial charge in [0.05, 0.1) is 77.5 Å². The number of nitrogens with one attached hydrogen (secondary N) is 3. The monoisotopic (exact) mass is 950 g/mol. The first kappa shape index (κ1) is 51.8. The number of likely N-dealkylation sites (tertiary alicyclic amines) is 1. The number of aromatic carboxylic acids is 1. The molecule has 69 heavy (non-hydrogen) atoms. The molecule has 0 atom stereocenters. The van der Waals surface area contributed by atoms with E-state index in [1.54, 1.807) is 6.07 Å². The molecule has 6 heterocycles. The van der Waals surface area contributed by atoms with Crippen LogP contribution in [0.2, 0.25) is 0 Å². The molecule has 0 radical (unpaired) electrons. The van der Waals surface area contributed by atoms with Crippen LogP contribution in [0.15, 0.2) is 72.8 Å². The molecule has 4 N–H and O–H groups in total. The van der Waals surface area contributed by atoms with Gasteiger partial charge in [0.2, 0.25) is 0 Å². The van der Waals surface area contributed by atoms with E-state index in [0.717, 1.165) is 92.0 Å². The maximum Gasteiger partial charge on any atom is 0.335 e. The van der Waals surface area contributed by atoms with Gasteiger partial charge in [0.25, 0.3) is 5.91 Å². The second-order valence-corrected chi connectivity index (χ2v) is 19.2. The lowest BCUT2D eigenvalue weighted by Gasteiger charge is -2.40. The highest BCUT2D eigenvalue weighted by Crippen LogP contribution is 2.37. The average molecular weight is 952 g/mol. The summed E-state index contributed by atoms with van der Waals surface area (Å²) in [5, 5.41) is 30.1. The molecule has 4 saturated heterocycles. The van der Waals surface area contributed by atoms with Gasteiger partial charge in [-0.05, 0) is 125 Å².